The Balaban J connectivity index is 2.21. The van der Waals surface area contributed by atoms with Crippen LogP contribution in [0.25, 0.3) is 0 Å². The molecular weight excluding hydrogens is 268 g/mol. The number of hydrogen-bond acceptors (Lipinski definition) is 4. The van der Waals surface area contributed by atoms with Gasteiger partial charge in [0.15, 0.2) is 0 Å². The number of carbonyl (C=O) groups is 1. The fourth-order valence-electron chi connectivity index (χ4n) is 3.20. The van der Waals surface area contributed by atoms with Crippen LogP contribution in [0.2, 0.25) is 0 Å². The van der Waals surface area contributed by atoms with Gasteiger partial charge in [0, 0.05) is 17.7 Å². The number of aryl methyl sites for hydroxylation is 2. The lowest BCUT2D eigenvalue weighted by atomic mass is 9.74. The van der Waals surface area contributed by atoms with Crippen molar-refractivity contribution < 1.29 is 15.0 Å². The second kappa shape index (κ2) is 6.43. The average molecular weight is 292 g/mol. The van der Waals surface area contributed by atoms with E-state index in [1.54, 1.807) is 13.0 Å². The van der Waals surface area contributed by atoms with Crippen molar-refractivity contribution in [1.29, 1.82) is 0 Å². The van der Waals surface area contributed by atoms with Crippen LogP contribution in [0.3, 0.4) is 0 Å². The number of carboxylic acid groups (broad SMARTS) is 1. The molecule has 21 heavy (non-hydrogen) atoms. The van der Waals surface area contributed by atoms with Crippen LogP contribution in [0.5, 0.6) is 0 Å². The molecule has 5 heteroatoms. The minimum atomic E-state index is -0.968. The maximum absolute atomic E-state index is 11.4. The highest BCUT2D eigenvalue weighted by Crippen LogP contribution is 2.36. The lowest BCUT2D eigenvalue weighted by molar-refractivity contribution is 0.0696. The summed E-state index contributed by atoms with van der Waals surface area (Å²) in [4.78, 5) is 15.8. The third kappa shape index (κ3) is 3.53. The lowest BCUT2D eigenvalue weighted by Gasteiger charge is -2.36. The molecule has 0 radical (unpaired) electrons. The predicted octanol–water partition coefficient (Wildman–Crippen LogP) is 2.75. The summed E-state index contributed by atoms with van der Waals surface area (Å²) in [6, 6.07) is 1.77. The van der Waals surface area contributed by atoms with E-state index in [-0.39, 0.29) is 17.6 Å². The van der Waals surface area contributed by atoms with Crippen LogP contribution >= 0.6 is 0 Å². The molecule has 1 aromatic rings. The maximum Gasteiger partial charge on any atom is 0.339 e. The van der Waals surface area contributed by atoms with Gasteiger partial charge < -0.3 is 15.5 Å². The van der Waals surface area contributed by atoms with Crippen LogP contribution in [0, 0.1) is 19.3 Å². The van der Waals surface area contributed by atoms with Gasteiger partial charge in [0.25, 0.3) is 0 Å². The van der Waals surface area contributed by atoms with Crippen molar-refractivity contribution in [2.45, 2.75) is 46.0 Å². The minimum absolute atomic E-state index is 0.132. The highest BCUT2D eigenvalue weighted by molar-refractivity contribution is 5.94. The van der Waals surface area contributed by atoms with E-state index in [1.807, 2.05) is 6.92 Å². The van der Waals surface area contributed by atoms with E-state index in [2.05, 4.69) is 10.3 Å². The Morgan fingerprint density at radius 3 is 2.57 bits per heavy atom. The Morgan fingerprint density at radius 2 is 2.00 bits per heavy atom. The summed E-state index contributed by atoms with van der Waals surface area (Å²) in [6.45, 7) is 4.34. The molecule has 5 nitrogen and oxygen atoms in total. The topological polar surface area (TPSA) is 82.5 Å². The number of hydrogen-bond donors (Lipinski definition) is 3. The molecule has 2 rings (SSSR count). The Morgan fingerprint density at radius 1 is 1.33 bits per heavy atom. The van der Waals surface area contributed by atoms with Crippen molar-refractivity contribution in [3.05, 3.63) is 22.9 Å². The fraction of sp³-hybridized carbons (Fsp3) is 0.625. The molecule has 116 valence electrons. The first kappa shape index (κ1) is 15.8. The molecule has 1 saturated carbocycles. The second-order valence-electron chi connectivity index (χ2n) is 6.18. The number of pyridine rings is 1. The first-order chi connectivity index (χ1) is 9.97. The maximum atomic E-state index is 11.4. The zero-order chi connectivity index (χ0) is 15.5. The summed E-state index contributed by atoms with van der Waals surface area (Å²) in [7, 11) is 0. The largest absolute Gasteiger partial charge is 0.478 e. The number of rotatable bonds is 5. The monoisotopic (exact) mass is 292 g/mol. The van der Waals surface area contributed by atoms with Crippen molar-refractivity contribution in [2.75, 3.05) is 18.5 Å². The summed E-state index contributed by atoms with van der Waals surface area (Å²) in [5.41, 5.74) is 1.58. The molecule has 0 aromatic carbocycles. The zero-order valence-corrected chi connectivity index (χ0v) is 12.8. The molecule has 1 fully saturated rings. The van der Waals surface area contributed by atoms with Gasteiger partial charge in [-0.2, -0.15) is 0 Å². The molecule has 3 N–H and O–H groups in total. The number of nitrogens with zero attached hydrogens (tertiary/aromatic N) is 1. The van der Waals surface area contributed by atoms with E-state index in [0.717, 1.165) is 31.4 Å². The molecule has 0 unspecified atom stereocenters. The molecule has 0 saturated heterocycles. The van der Waals surface area contributed by atoms with Crippen LogP contribution in [-0.4, -0.2) is 34.3 Å². The fourth-order valence-corrected chi connectivity index (χ4v) is 3.20. The van der Waals surface area contributed by atoms with E-state index < -0.39 is 5.97 Å². The summed E-state index contributed by atoms with van der Waals surface area (Å²) >= 11 is 0. The summed E-state index contributed by atoms with van der Waals surface area (Å²) in [6.07, 6.45) is 5.40. The van der Waals surface area contributed by atoms with Crippen molar-refractivity contribution in [3.63, 3.8) is 0 Å². The molecule has 0 bridgehead atoms. The number of aliphatic hydroxyl groups is 1. The average Bonchev–Trinajstić information content (AvgIpc) is 2.45. The Labute approximate surface area is 125 Å². The van der Waals surface area contributed by atoms with Crippen molar-refractivity contribution in [1.82, 2.24) is 4.98 Å². The first-order valence-corrected chi connectivity index (χ1v) is 7.54. The van der Waals surface area contributed by atoms with E-state index in [4.69, 9.17) is 0 Å². The molecular formula is C16H24N2O3. The number of aromatic carboxylic acids is 1. The number of aliphatic hydroxyl groups excluding tert-OH is 1. The number of carboxylic acids is 1. The Kier molecular flexibility index (Phi) is 4.83. The van der Waals surface area contributed by atoms with E-state index in [9.17, 15) is 15.0 Å². The van der Waals surface area contributed by atoms with Gasteiger partial charge in [-0.05, 0) is 38.3 Å². The number of anilines is 1. The number of nitrogens with one attached hydrogen (secondary N) is 1. The van der Waals surface area contributed by atoms with E-state index in [0.29, 0.717) is 17.9 Å². The quantitative estimate of drug-likeness (QED) is 0.777. The van der Waals surface area contributed by atoms with Gasteiger partial charge in [0.2, 0.25) is 0 Å². The van der Waals surface area contributed by atoms with Gasteiger partial charge >= 0.3 is 5.97 Å². The minimum Gasteiger partial charge on any atom is -0.478 e. The van der Waals surface area contributed by atoms with Crippen molar-refractivity contribution in [3.8, 4) is 0 Å². The Bertz CT molecular complexity index is 522. The smallest absolute Gasteiger partial charge is 0.339 e. The highest BCUT2D eigenvalue weighted by Gasteiger charge is 2.31. The van der Waals surface area contributed by atoms with Crippen LogP contribution in [-0.2, 0) is 0 Å². The van der Waals surface area contributed by atoms with Crippen molar-refractivity contribution in [2.24, 2.45) is 5.41 Å². The van der Waals surface area contributed by atoms with Gasteiger partial charge in [-0.1, -0.05) is 19.3 Å². The van der Waals surface area contributed by atoms with Crippen molar-refractivity contribution >= 4 is 11.8 Å². The van der Waals surface area contributed by atoms with Gasteiger partial charge in [-0.25, -0.2) is 9.78 Å². The third-order valence-electron chi connectivity index (χ3n) is 4.44. The summed E-state index contributed by atoms with van der Waals surface area (Å²) < 4.78 is 0. The number of aromatic nitrogens is 1. The van der Waals surface area contributed by atoms with Gasteiger partial charge in [-0.15, -0.1) is 0 Å². The molecule has 1 heterocycles. The van der Waals surface area contributed by atoms with Crippen LogP contribution < -0.4 is 5.32 Å². The lowest BCUT2D eigenvalue weighted by Crippen LogP contribution is -2.36. The molecule has 0 atom stereocenters. The standard InChI is InChI=1S/C16H24N2O3/c1-11-8-12(2)18-14(13(11)15(20)21)17-9-16(10-19)6-4-3-5-7-16/h8,19H,3-7,9-10H2,1-2H3,(H,17,18)(H,20,21). The normalized spacial score (nSPS) is 17.5. The molecule has 1 aliphatic rings. The van der Waals surface area contributed by atoms with E-state index >= 15 is 0 Å². The molecule has 0 aliphatic heterocycles. The van der Waals surface area contributed by atoms with Gasteiger partial charge in [-0.3, -0.25) is 0 Å². The van der Waals surface area contributed by atoms with Crippen LogP contribution in [0.15, 0.2) is 6.07 Å². The SMILES string of the molecule is Cc1cc(C)c(C(=O)O)c(NCC2(CO)CCCCC2)n1. The van der Waals surface area contributed by atoms with Crippen LogP contribution in [0.1, 0.15) is 53.7 Å². The highest BCUT2D eigenvalue weighted by atomic mass is 16.4. The molecule has 1 aromatic heterocycles. The summed E-state index contributed by atoms with van der Waals surface area (Å²) in [5, 5.41) is 22.3. The first-order valence-electron chi connectivity index (χ1n) is 7.54. The Hall–Kier alpha value is -1.62. The van der Waals surface area contributed by atoms with Crippen LogP contribution in [0.4, 0.5) is 5.82 Å². The second-order valence-corrected chi connectivity index (χ2v) is 6.18. The predicted molar refractivity (Wildman–Crippen MR) is 81.8 cm³/mol. The molecule has 1 aliphatic carbocycles. The third-order valence-corrected chi connectivity index (χ3v) is 4.44. The zero-order valence-electron chi connectivity index (χ0n) is 12.8. The molecule has 0 amide bonds. The van der Waals surface area contributed by atoms with E-state index in [1.165, 1.54) is 6.42 Å². The summed E-state index contributed by atoms with van der Waals surface area (Å²) in [5.74, 6) is -0.553. The molecule has 0 spiro atoms. The van der Waals surface area contributed by atoms with Gasteiger partial charge in [0.1, 0.15) is 11.4 Å². The van der Waals surface area contributed by atoms with Gasteiger partial charge in [0.05, 0.1) is 6.61 Å².